The summed E-state index contributed by atoms with van der Waals surface area (Å²) in [6.07, 6.45) is 2.52. The lowest BCUT2D eigenvalue weighted by atomic mass is 9.91. The Morgan fingerprint density at radius 2 is 1.97 bits per heavy atom. The molecule has 5 rings (SSSR count). The minimum absolute atomic E-state index is 0.0154. The number of nitrogens with one attached hydrogen (secondary N) is 2. The molecule has 1 aromatic heterocycles. The van der Waals surface area contributed by atoms with E-state index in [0.717, 1.165) is 40.9 Å². The Balaban J connectivity index is 1.41. The molecule has 3 aromatic carbocycles. The predicted octanol–water partition coefficient (Wildman–Crippen LogP) is 5.26. The minimum atomic E-state index is -0.137. The molecule has 0 amide bonds. The van der Waals surface area contributed by atoms with Crippen LogP contribution in [-0.4, -0.2) is 34.3 Å². The Morgan fingerprint density at radius 1 is 1.09 bits per heavy atom. The predicted molar refractivity (Wildman–Crippen MR) is 135 cm³/mol. The lowest BCUT2D eigenvalue weighted by Crippen LogP contribution is -2.24. The number of para-hydroxylation sites is 1. The Hall–Kier alpha value is -3.63. The SMILES string of the molecule is OCC#CC1NCCC1c1ccc2ncnc(Nc3ccc(Oc4ccccc4)c(Cl)c3)c2c1. The van der Waals surface area contributed by atoms with Crippen molar-refractivity contribution in [1.82, 2.24) is 15.3 Å². The summed E-state index contributed by atoms with van der Waals surface area (Å²) in [6.45, 7) is 0.752. The van der Waals surface area contributed by atoms with Crippen molar-refractivity contribution in [2.45, 2.75) is 18.4 Å². The molecule has 2 heterocycles. The maximum atomic E-state index is 9.07. The second kappa shape index (κ2) is 10.1. The number of halogens is 1. The highest BCUT2D eigenvalue weighted by molar-refractivity contribution is 6.32. The van der Waals surface area contributed by atoms with Crippen LogP contribution in [-0.2, 0) is 0 Å². The zero-order valence-electron chi connectivity index (χ0n) is 18.3. The van der Waals surface area contributed by atoms with Gasteiger partial charge in [-0.05, 0) is 61.0 Å². The largest absolute Gasteiger partial charge is 0.456 e. The highest BCUT2D eigenvalue weighted by Gasteiger charge is 2.27. The molecule has 4 aromatic rings. The molecule has 1 saturated heterocycles. The van der Waals surface area contributed by atoms with E-state index in [0.29, 0.717) is 16.6 Å². The fourth-order valence-electron chi connectivity index (χ4n) is 4.19. The van der Waals surface area contributed by atoms with Crippen molar-refractivity contribution >= 4 is 34.0 Å². The molecule has 0 saturated carbocycles. The first-order chi connectivity index (χ1) is 16.7. The van der Waals surface area contributed by atoms with Crippen molar-refractivity contribution < 1.29 is 9.84 Å². The Morgan fingerprint density at radius 3 is 2.79 bits per heavy atom. The van der Waals surface area contributed by atoms with E-state index < -0.39 is 0 Å². The van der Waals surface area contributed by atoms with E-state index >= 15 is 0 Å². The number of ether oxygens (including phenoxy) is 1. The van der Waals surface area contributed by atoms with Crippen molar-refractivity contribution in [2.24, 2.45) is 0 Å². The van der Waals surface area contributed by atoms with E-state index in [2.05, 4.69) is 44.6 Å². The lowest BCUT2D eigenvalue weighted by molar-refractivity contribution is 0.350. The van der Waals surface area contributed by atoms with Gasteiger partial charge in [-0.25, -0.2) is 9.97 Å². The van der Waals surface area contributed by atoms with Crippen LogP contribution in [0.3, 0.4) is 0 Å². The Bertz CT molecular complexity index is 1370. The number of nitrogens with zero attached hydrogens (tertiary/aromatic N) is 2. The highest BCUT2D eigenvalue weighted by Crippen LogP contribution is 2.35. The molecule has 7 heteroatoms. The highest BCUT2D eigenvalue weighted by atomic mass is 35.5. The maximum absolute atomic E-state index is 9.07. The third-order valence-corrected chi connectivity index (χ3v) is 6.11. The van der Waals surface area contributed by atoms with Crippen molar-refractivity contribution in [3.63, 3.8) is 0 Å². The third-order valence-electron chi connectivity index (χ3n) is 5.81. The van der Waals surface area contributed by atoms with Crippen LogP contribution in [0.25, 0.3) is 10.9 Å². The van der Waals surface area contributed by atoms with Gasteiger partial charge in [-0.15, -0.1) is 0 Å². The summed E-state index contributed by atoms with van der Waals surface area (Å²) in [6, 6.07) is 21.3. The second-order valence-corrected chi connectivity index (χ2v) is 8.40. The van der Waals surface area contributed by atoms with Gasteiger partial charge in [0.2, 0.25) is 0 Å². The van der Waals surface area contributed by atoms with Crippen LogP contribution in [0.1, 0.15) is 17.9 Å². The second-order valence-electron chi connectivity index (χ2n) is 7.99. The summed E-state index contributed by atoms with van der Waals surface area (Å²) in [5.41, 5.74) is 2.81. The van der Waals surface area contributed by atoms with Crippen molar-refractivity contribution in [1.29, 1.82) is 0 Å². The molecule has 2 unspecified atom stereocenters. The normalized spacial score (nSPS) is 17.2. The van der Waals surface area contributed by atoms with E-state index in [-0.39, 0.29) is 18.6 Å². The summed E-state index contributed by atoms with van der Waals surface area (Å²) < 4.78 is 5.88. The van der Waals surface area contributed by atoms with Gasteiger partial charge < -0.3 is 20.5 Å². The van der Waals surface area contributed by atoms with Gasteiger partial charge in [0.1, 0.15) is 30.3 Å². The van der Waals surface area contributed by atoms with E-state index in [1.165, 1.54) is 0 Å². The van der Waals surface area contributed by atoms with Gasteiger partial charge in [0.05, 0.1) is 16.6 Å². The maximum Gasteiger partial charge on any atom is 0.146 e. The van der Waals surface area contributed by atoms with Gasteiger partial charge in [-0.3, -0.25) is 0 Å². The van der Waals surface area contributed by atoms with Crippen LogP contribution in [0.4, 0.5) is 11.5 Å². The molecule has 0 aliphatic carbocycles. The standard InChI is InChI=1S/C27H23ClN4O2/c28-23-16-19(9-11-26(23)34-20-5-2-1-3-6-20)32-27-22-15-18(8-10-25(22)30-17-31-27)21-12-13-29-24(21)7-4-14-33/h1-3,5-6,8-11,15-17,21,24,29,33H,12-14H2,(H,30,31,32). The number of aliphatic hydroxyl groups is 1. The van der Waals surface area contributed by atoms with Crippen molar-refractivity contribution in [2.75, 3.05) is 18.5 Å². The summed E-state index contributed by atoms with van der Waals surface area (Å²) in [7, 11) is 0. The van der Waals surface area contributed by atoms with Gasteiger partial charge in [-0.2, -0.15) is 0 Å². The molecule has 6 nitrogen and oxygen atoms in total. The fourth-order valence-corrected chi connectivity index (χ4v) is 4.41. The van der Waals surface area contributed by atoms with Crippen LogP contribution in [0.5, 0.6) is 11.5 Å². The lowest BCUT2D eigenvalue weighted by Gasteiger charge is -2.16. The first-order valence-corrected chi connectivity index (χ1v) is 11.5. The number of rotatable bonds is 5. The topological polar surface area (TPSA) is 79.3 Å². The van der Waals surface area contributed by atoms with Crippen molar-refractivity contribution in [3.8, 4) is 23.3 Å². The molecule has 0 spiro atoms. The van der Waals surface area contributed by atoms with Crippen LogP contribution in [0.2, 0.25) is 5.02 Å². The Kier molecular flexibility index (Phi) is 6.59. The van der Waals surface area contributed by atoms with Crippen LogP contribution in [0, 0.1) is 11.8 Å². The molecule has 1 aliphatic heterocycles. The van der Waals surface area contributed by atoms with Crippen molar-refractivity contribution in [3.05, 3.63) is 83.6 Å². The molecule has 1 aliphatic rings. The summed E-state index contributed by atoms with van der Waals surface area (Å²) in [4.78, 5) is 8.91. The zero-order valence-corrected chi connectivity index (χ0v) is 19.1. The van der Waals surface area contributed by atoms with Gasteiger partial charge in [-0.1, -0.05) is 47.7 Å². The summed E-state index contributed by atoms with van der Waals surface area (Å²) in [5, 5.41) is 17.3. The average molecular weight is 471 g/mol. The number of aliphatic hydroxyl groups excluding tert-OH is 1. The zero-order chi connectivity index (χ0) is 23.3. The van der Waals surface area contributed by atoms with Crippen LogP contribution in [0.15, 0.2) is 73.1 Å². The molecular formula is C27H23ClN4O2. The number of fused-ring (bicyclic) bond motifs is 1. The first kappa shape index (κ1) is 22.2. The van der Waals surface area contributed by atoms with E-state index in [1.807, 2.05) is 54.6 Å². The number of anilines is 2. The molecule has 1 fully saturated rings. The number of hydrogen-bond acceptors (Lipinski definition) is 6. The smallest absolute Gasteiger partial charge is 0.146 e. The van der Waals surface area contributed by atoms with Crippen LogP contribution >= 0.6 is 11.6 Å². The molecule has 170 valence electrons. The van der Waals surface area contributed by atoms with E-state index in [4.69, 9.17) is 21.4 Å². The molecule has 0 radical (unpaired) electrons. The summed E-state index contributed by atoms with van der Waals surface area (Å²) >= 11 is 6.50. The monoisotopic (exact) mass is 470 g/mol. The quantitative estimate of drug-likeness (QED) is 0.345. The minimum Gasteiger partial charge on any atom is -0.456 e. The van der Waals surface area contributed by atoms with Gasteiger partial charge in [0, 0.05) is 17.0 Å². The fraction of sp³-hybridized carbons (Fsp3) is 0.185. The third kappa shape index (κ3) is 4.82. The van der Waals surface area contributed by atoms with Gasteiger partial charge in [0.25, 0.3) is 0 Å². The molecule has 3 N–H and O–H groups in total. The first-order valence-electron chi connectivity index (χ1n) is 11.1. The number of aromatic nitrogens is 2. The number of hydrogen-bond donors (Lipinski definition) is 3. The molecule has 2 atom stereocenters. The number of benzene rings is 3. The summed E-state index contributed by atoms with van der Waals surface area (Å²) in [5.74, 6) is 8.15. The molecule has 34 heavy (non-hydrogen) atoms. The van der Waals surface area contributed by atoms with Gasteiger partial charge in [0.15, 0.2) is 0 Å². The van der Waals surface area contributed by atoms with E-state index in [9.17, 15) is 0 Å². The molecular weight excluding hydrogens is 448 g/mol. The van der Waals surface area contributed by atoms with Gasteiger partial charge >= 0.3 is 0 Å². The Labute approximate surface area is 203 Å². The molecule has 0 bridgehead atoms. The van der Waals surface area contributed by atoms with E-state index in [1.54, 1.807) is 6.33 Å². The van der Waals surface area contributed by atoms with Crippen LogP contribution < -0.4 is 15.4 Å². The average Bonchev–Trinajstić information content (AvgIpc) is 3.34.